The van der Waals surface area contributed by atoms with Crippen molar-refractivity contribution in [1.82, 2.24) is 19.9 Å². The number of fused-ring (bicyclic) bond motifs is 1. The Labute approximate surface area is 196 Å². The molecule has 0 unspecified atom stereocenters. The van der Waals surface area contributed by atoms with E-state index in [0.717, 1.165) is 39.5 Å². The Morgan fingerprint density at radius 1 is 0.912 bits per heavy atom. The Kier molecular flexibility index (Phi) is 6.16. The minimum Gasteiger partial charge on any atom is -0.497 e. The average molecular weight is 455 g/mol. The monoisotopic (exact) mass is 454 g/mol. The number of ether oxygens (including phenoxy) is 2. The first-order valence-electron chi connectivity index (χ1n) is 11.0. The third kappa shape index (κ3) is 4.73. The molecule has 0 fully saturated rings. The summed E-state index contributed by atoms with van der Waals surface area (Å²) in [5.41, 5.74) is 4.82. The first-order valence-corrected chi connectivity index (χ1v) is 11.0. The number of nitrogens with one attached hydrogen (secondary N) is 1. The molecule has 1 N–H and O–H groups in total. The molecule has 170 valence electrons. The van der Waals surface area contributed by atoms with Crippen LogP contribution in [0.25, 0.3) is 22.3 Å². The van der Waals surface area contributed by atoms with E-state index in [2.05, 4.69) is 19.9 Å². The lowest BCUT2D eigenvalue weighted by Crippen LogP contribution is -1.97. The second kappa shape index (κ2) is 9.70. The number of halogens is 1. The SMILES string of the molecule is COc1ccnc(CCc2nc3nccc(-c4ccc(OCc5ccccc5)c(F)c4)c3[nH]2)c1. The van der Waals surface area contributed by atoms with Crippen molar-refractivity contribution < 1.29 is 13.9 Å². The molecule has 7 heteroatoms. The highest BCUT2D eigenvalue weighted by Crippen LogP contribution is 2.30. The molecule has 0 saturated carbocycles. The van der Waals surface area contributed by atoms with Gasteiger partial charge in [0, 0.05) is 36.1 Å². The number of pyridine rings is 2. The normalized spacial score (nSPS) is 11.0. The number of aromatic amines is 1. The maximum Gasteiger partial charge on any atom is 0.178 e. The van der Waals surface area contributed by atoms with E-state index in [-0.39, 0.29) is 5.75 Å². The van der Waals surface area contributed by atoms with Crippen LogP contribution < -0.4 is 9.47 Å². The maximum absolute atomic E-state index is 14.8. The molecule has 6 nitrogen and oxygen atoms in total. The molecule has 0 aliphatic heterocycles. The summed E-state index contributed by atoms with van der Waals surface area (Å²) >= 11 is 0. The summed E-state index contributed by atoms with van der Waals surface area (Å²) in [6.45, 7) is 0.308. The van der Waals surface area contributed by atoms with Crippen LogP contribution in [0.4, 0.5) is 4.39 Å². The summed E-state index contributed by atoms with van der Waals surface area (Å²) in [6, 6.07) is 20.3. The standard InChI is InChI=1S/C27H23FN4O2/c1-33-21-11-13-29-20(16-21)8-10-25-31-26-22(12-14-30-27(26)32-25)19-7-9-24(23(28)15-19)34-17-18-5-3-2-4-6-18/h2-7,9,11-16H,8,10,17H2,1H3,(H,30,31,32). The Hall–Kier alpha value is -4.26. The molecule has 0 radical (unpaired) electrons. The molecule has 0 atom stereocenters. The summed E-state index contributed by atoms with van der Waals surface area (Å²) in [6.07, 6.45) is 4.78. The van der Waals surface area contributed by atoms with E-state index in [0.29, 0.717) is 25.1 Å². The van der Waals surface area contributed by atoms with Crippen LogP contribution in [0.5, 0.6) is 11.5 Å². The highest BCUT2D eigenvalue weighted by molar-refractivity contribution is 5.89. The third-order valence-corrected chi connectivity index (χ3v) is 5.56. The summed E-state index contributed by atoms with van der Waals surface area (Å²) in [5.74, 6) is 1.37. The Bertz CT molecular complexity index is 1420. The van der Waals surface area contributed by atoms with Crippen molar-refractivity contribution in [3.63, 3.8) is 0 Å². The topological polar surface area (TPSA) is 72.9 Å². The number of hydrogen-bond donors (Lipinski definition) is 1. The number of methoxy groups -OCH3 is 1. The molecular formula is C27H23FN4O2. The average Bonchev–Trinajstić information content (AvgIpc) is 3.31. The van der Waals surface area contributed by atoms with Crippen molar-refractivity contribution in [2.45, 2.75) is 19.4 Å². The fourth-order valence-electron chi connectivity index (χ4n) is 3.80. The summed E-state index contributed by atoms with van der Waals surface area (Å²) < 4.78 is 25.8. The quantitative estimate of drug-likeness (QED) is 0.334. The van der Waals surface area contributed by atoms with Crippen molar-refractivity contribution in [3.8, 4) is 22.6 Å². The van der Waals surface area contributed by atoms with Crippen LogP contribution in [0.1, 0.15) is 17.1 Å². The fraction of sp³-hybridized carbons (Fsp3) is 0.148. The molecule has 3 heterocycles. The second-order valence-electron chi connectivity index (χ2n) is 7.85. The van der Waals surface area contributed by atoms with E-state index in [4.69, 9.17) is 9.47 Å². The van der Waals surface area contributed by atoms with Gasteiger partial charge in [-0.3, -0.25) is 4.98 Å². The van der Waals surface area contributed by atoms with Gasteiger partial charge in [0.15, 0.2) is 17.2 Å². The van der Waals surface area contributed by atoms with E-state index >= 15 is 0 Å². The third-order valence-electron chi connectivity index (χ3n) is 5.56. The van der Waals surface area contributed by atoms with Crippen LogP contribution >= 0.6 is 0 Å². The number of H-pyrrole nitrogens is 1. The van der Waals surface area contributed by atoms with Gasteiger partial charge in [0.25, 0.3) is 0 Å². The van der Waals surface area contributed by atoms with Crippen molar-refractivity contribution in [1.29, 1.82) is 0 Å². The summed E-state index contributed by atoms with van der Waals surface area (Å²) in [5, 5.41) is 0. The molecular weight excluding hydrogens is 431 g/mol. The highest BCUT2D eigenvalue weighted by atomic mass is 19.1. The second-order valence-corrected chi connectivity index (χ2v) is 7.85. The van der Waals surface area contributed by atoms with Crippen molar-refractivity contribution in [2.75, 3.05) is 7.11 Å². The molecule has 0 spiro atoms. The molecule has 2 aromatic carbocycles. The molecule has 0 bridgehead atoms. The number of hydrogen-bond acceptors (Lipinski definition) is 5. The van der Waals surface area contributed by atoms with Crippen LogP contribution in [-0.2, 0) is 19.4 Å². The van der Waals surface area contributed by atoms with Crippen molar-refractivity contribution in [3.05, 3.63) is 102 Å². The number of rotatable bonds is 8. The van der Waals surface area contributed by atoms with Gasteiger partial charge in [0.05, 0.1) is 12.6 Å². The van der Waals surface area contributed by atoms with E-state index in [9.17, 15) is 4.39 Å². The lowest BCUT2D eigenvalue weighted by atomic mass is 10.1. The van der Waals surface area contributed by atoms with Gasteiger partial charge in [0.1, 0.15) is 18.2 Å². The molecule has 5 aromatic rings. The Balaban J connectivity index is 1.35. The van der Waals surface area contributed by atoms with Gasteiger partial charge in [-0.1, -0.05) is 36.4 Å². The van der Waals surface area contributed by atoms with Gasteiger partial charge in [-0.2, -0.15) is 0 Å². The molecule has 0 amide bonds. The molecule has 5 rings (SSSR count). The lowest BCUT2D eigenvalue weighted by Gasteiger charge is -2.09. The Morgan fingerprint density at radius 2 is 1.76 bits per heavy atom. The first kappa shape index (κ1) is 21.6. The molecule has 34 heavy (non-hydrogen) atoms. The van der Waals surface area contributed by atoms with Gasteiger partial charge in [-0.05, 0) is 41.8 Å². The predicted octanol–water partition coefficient (Wildman–Crippen LogP) is 5.53. The molecule has 3 aromatic heterocycles. The minimum absolute atomic E-state index is 0.217. The van der Waals surface area contributed by atoms with Crippen molar-refractivity contribution in [2.24, 2.45) is 0 Å². The number of imidazole rings is 1. The predicted molar refractivity (Wildman–Crippen MR) is 128 cm³/mol. The van der Waals surface area contributed by atoms with Crippen molar-refractivity contribution >= 4 is 11.2 Å². The molecule has 0 aliphatic rings. The fourth-order valence-corrected chi connectivity index (χ4v) is 3.80. The smallest absolute Gasteiger partial charge is 0.178 e. The van der Waals surface area contributed by atoms with Gasteiger partial charge in [-0.25, -0.2) is 14.4 Å². The van der Waals surface area contributed by atoms with Gasteiger partial charge < -0.3 is 14.5 Å². The van der Waals surface area contributed by atoms with Gasteiger partial charge >= 0.3 is 0 Å². The van der Waals surface area contributed by atoms with E-state index < -0.39 is 5.82 Å². The largest absolute Gasteiger partial charge is 0.497 e. The van der Waals surface area contributed by atoms with E-state index in [1.165, 1.54) is 6.07 Å². The van der Waals surface area contributed by atoms with Crippen LogP contribution in [0.15, 0.2) is 79.1 Å². The summed E-state index contributed by atoms with van der Waals surface area (Å²) in [4.78, 5) is 16.7. The number of aromatic nitrogens is 4. The lowest BCUT2D eigenvalue weighted by molar-refractivity contribution is 0.290. The van der Waals surface area contributed by atoms with Gasteiger partial charge in [0.2, 0.25) is 0 Å². The minimum atomic E-state index is -0.415. The zero-order chi connectivity index (χ0) is 23.3. The van der Waals surface area contributed by atoms with E-state index in [1.807, 2.05) is 54.6 Å². The van der Waals surface area contributed by atoms with E-state index in [1.54, 1.807) is 25.6 Å². The first-order chi connectivity index (χ1) is 16.7. The molecule has 0 saturated heterocycles. The maximum atomic E-state index is 14.8. The zero-order valence-corrected chi connectivity index (χ0v) is 18.7. The number of nitrogens with zero attached hydrogens (tertiary/aromatic N) is 3. The van der Waals surface area contributed by atoms with Crippen LogP contribution in [0.3, 0.4) is 0 Å². The van der Waals surface area contributed by atoms with Gasteiger partial charge in [-0.15, -0.1) is 0 Å². The number of aryl methyl sites for hydroxylation is 2. The van der Waals surface area contributed by atoms with Crippen LogP contribution in [0.2, 0.25) is 0 Å². The van der Waals surface area contributed by atoms with Crippen LogP contribution in [-0.4, -0.2) is 27.0 Å². The molecule has 0 aliphatic carbocycles. The summed E-state index contributed by atoms with van der Waals surface area (Å²) in [7, 11) is 1.64. The zero-order valence-electron chi connectivity index (χ0n) is 18.7. The van der Waals surface area contributed by atoms with Crippen LogP contribution in [0, 0.1) is 5.82 Å². The highest BCUT2D eigenvalue weighted by Gasteiger charge is 2.13. The number of benzene rings is 2. The Morgan fingerprint density at radius 3 is 2.59 bits per heavy atom.